The Morgan fingerprint density at radius 2 is 1.28 bits per heavy atom. The number of rotatable bonds is 10. The molecule has 0 spiro atoms. The van der Waals surface area contributed by atoms with Gasteiger partial charge in [0, 0.05) is 18.3 Å². The summed E-state index contributed by atoms with van der Waals surface area (Å²) < 4.78 is 118. The van der Waals surface area contributed by atoms with Crippen molar-refractivity contribution in [3.63, 3.8) is 0 Å². The van der Waals surface area contributed by atoms with E-state index in [9.17, 15) is 44.3 Å². The molecule has 0 aliphatic rings. The van der Waals surface area contributed by atoms with E-state index in [1.54, 1.807) is 6.92 Å². The maximum Gasteiger partial charge on any atom is 0.416 e. The number of halogens is 9. The number of urea groups is 1. The third-order valence-electron chi connectivity index (χ3n) is 6.26. The highest BCUT2D eigenvalue weighted by atomic mass is 19.4. The second-order valence-electron chi connectivity index (χ2n) is 9.07. The third kappa shape index (κ3) is 9.63. The molecule has 39 heavy (non-hydrogen) atoms. The van der Waals surface area contributed by atoms with Crippen molar-refractivity contribution >= 4 is 11.7 Å². The fourth-order valence-electron chi connectivity index (χ4n) is 3.95. The Balaban J connectivity index is 2.35. The van der Waals surface area contributed by atoms with Crippen molar-refractivity contribution in [1.29, 1.82) is 0 Å². The van der Waals surface area contributed by atoms with Crippen molar-refractivity contribution in [3.05, 3.63) is 64.7 Å². The first-order chi connectivity index (χ1) is 18.0. The van der Waals surface area contributed by atoms with Gasteiger partial charge in [0.05, 0.1) is 16.7 Å². The number of alkyl halides is 9. The minimum Gasteiger partial charge on any atom is -0.318 e. The number of hydrogen-bond acceptors (Lipinski definition) is 2. The Hall–Kier alpha value is -2.96. The minimum absolute atomic E-state index is 0.0501. The van der Waals surface area contributed by atoms with Gasteiger partial charge in [0.2, 0.25) is 0 Å². The first kappa shape index (κ1) is 32.3. The van der Waals surface area contributed by atoms with Crippen LogP contribution in [-0.4, -0.2) is 41.5 Å². The quantitative estimate of drug-likeness (QED) is 0.291. The van der Waals surface area contributed by atoms with E-state index in [2.05, 4.69) is 10.2 Å². The Labute approximate surface area is 220 Å². The molecule has 2 aromatic rings. The summed E-state index contributed by atoms with van der Waals surface area (Å²) in [5, 5.41) is 2.12. The minimum atomic E-state index is -5.10. The van der Waals surface area contributed by atoms with Crippen molar-refractivity contribution in [2.45, 2.75) is 64.7 Å². The number of carbonyl (C=O) groups excluding carboxylic acids is 1. The fraction of sp³-hybridized carbons (Fsp3) is 0.500. The molecule has 0 radical (unpaired) electrons. The number of nitrogens with one attached hydrogen (secondary N) is 1. The molecule has 0 bridgehead atoms. The highest BCUT2D eigenvalue weighted by molar-refractivity contribution is 5.89. The monoisotopic (exact) mass is 571 g/mol. The predicted molar refractivity (Wildman–Crippen MR) is 129 cm³/mol. The van der Waals surface area contributed by atoms with E-state index in [4.69, 9.17) is 0 Å². The van der Waals surface area contributed by atoms with Crippen LogP contribution >= 0.6 is 0 Å². The molecule has 2 aromatic carbocycles. The van der Waals surface area contributed by atoms with Gasteiger partial charge in [-0.2, -0.15) is 39.5 Å². The number of carbonyl (C=O) groups is 1. The summed E-state index contributed by atoms with van der Waals surface area (Å²) >= 11 is 0. The normalized spacial score (nSPS) is 13.5. The average Bonchev–Trinajstić information content (AvgIpc) is 2.83. The van der Waals surface area contributed by atoms with Crippen LogP contribution in [-0.2, 0) is 25.1 Å². The molecule has 0 saturated heterocycles. The summed E-state index contributed by atoms with van der Waals surface area (Å²) in [6, 6.07) is 3.20. The van der Waals surface area contributed by atoms with Crippen LogP contribution in [0.2, 0.25) is 0 Å². The molecule has 0 saturated carbocycles. The maximum absolute atomic E-state index is 13.3. The molecule has 218 valence electrons. The highest BCUT2D eigenvalue weighted by Crippen LogP contribution is 2.37. The molecule has 1 atom stereocenters. The van der Waals surface area contributed by atoms with E-state index in [0.29, 0.717) is 37.1 Å². The summed E-state index contributed by atoms with van der Waals surface area (Å²) in [5.74, 6) is 0. The van der Waals surface area contributed by atoms with E-state index in [0.717, 1.165) is 37.4 Å². The van der Waals surface area contributed by atoms with Gasteiger partial charge in [0.1, 0.15) is 0 Å². The molecular formula is C26H30F9N3O. The Morgan fingerprint density at radius 1 is 0.795 bits per heavy atom. The van der Waals surface area contributed by atoms with Gasteiger partial charge in [-0.05, 0) is 75.3 Å². The van der Waals surface area contributed by atoms with Gasteiger partial charge in [-0.15, -0.1) is 0 Å². The molecule has 0 aromatic heterocycles. The van der Waals surface area contributed by atoms with Crippen molar-refractivity contribution in [3.8, 4) is 0 Å². The molecule has 1 N–H and O–H groups in total. The summed E-state index contributed by atoms with van der Waals surface area (Å²) in [4.78, 5) is 16.5. The highest BCUT2D eigenvalue weighted by Gasteiger charge is 2.37. The lowest BCUT2D eigenvalue weighted by Crippen LogP contribution is -2.41. The van der Waals surface area contributed by atoms with Crippen LogP contribution in [0.4, 0.5) is 50.0 Å². The largest absolute Gasteiger partial charge is 0.416 e. The fourth-order valence-corrected chi connectivity index (χ4v) is 3.95. The molecule has 1 unspecified atom stereocenters. The number of amides is 2. The number of nitrogens with zero attached hydrogens (tertiary/aromatic N) is 2. The SMILES string of the molecule is CCN(CC)CCCC(C)N(Cc1ccc(C(F)(F)F)cc1)C(=O)Nc1cc(C(F)(F)F)cc(C(F)(F)F)c1. The molecule has 13 heteroatoms. The van der Waals surface area contributed by atoms with Gasteiger partial charge in [-0.25, -0.2) is 4.79 Å². The first-order valence-corrected chi connectivity index (χ1v) is 12.2. The van der Waals surface area contributed by atoms with Gasteiger partial charge in [0.15, 0.2) is 0 Å². The zero-order chi connectivity index (χ0) is 29.6. The van der Waals surface area contributed by atoms with E-state index in [-0.39, 0.29) is 12.6 Å². The molecule has 0 aliphatic carbocycles. The van der Waals surface area contributed by atoms with Crippen LogP contribution in [0.1, 0.15) is 55.9 Å². The second kappa shape index (κ2) is 12.9. The topological polar surface area (TPSA) is 35.6 Å². The van der Waals surface area contributed by atoms with Gasteiger partial charge in [0.25, 0.3) is 0 Å². The van der Waals surface area contributed by atoms with E-state index < -0.39 is 53.0 Å². The number of anilines is 1. The van der Waals surface area contributed by atoms with Gasteiger partial charge in [-0.3, -0.25) is 0 Å². The molecule has 0 aliphatic heterocycles. The summed E-state index contributed by atoms with van der Waals surface area (Å²) in [6.45, 7) is 7.65. The van der Waals surface area contributed by atoms with E-state index >= 15 is 0 Å². The zero-order valence-electron chi connectivity index (χ0n) is 21.6. The van der Waals surface area contributed by atoms with Crippen molar-refractivity contribution < 1.29 is 44.3 Å². The van der Waals surface area contributed by atoms with Crippen LogP contribution in [0.25, 0.3) is 0 Å². The van der Waals surface area contributed by atoms with Crippen molar-refractivity contribution in [2.24, 2.45) is 0 Å². The van der Waals surface area contributed by atoms with Crippen LogP contribution in [0.15, 0.2) is 42.5 Å². The number of benzene rings is 2. The van der Waals surface area contributed by atoms with Gasteiger partial charge < -0.3 is 15.1 Å². The lowest BCUT2D eigenvalue weighted by atomic mass is 10.1. The number of hydrogen-bond donors (Lipinski definition) is 1. The molecule has 4 nitrogen and oxygen atoms in total. The summed E-state index contributed by atoms with van der Waals surface area (Å²) in [5.41, 5.74) is -4.50. The lowest BCUT2D eigenvalue weighted by molar-refractivity contribution is -0.143. The van der Waals surface area contributed by atoms with Gasteiger partial charge >= 0.3 is 24.6 Å². The Kier molecular flexibility index (Phi) is 10.7. The Morgan fingerprint density at radius 3 is 1.72 bits per heavy atom. The lowest BCUT2D eigenvalue weighted by Gasteiger charge is -2.30. The van der Waals surface area contributed by atoms with Crippen molar-refractivity contribution in [2.75, 3.05) is 25.0 Å². The first-order valence-electron chi connectivity index (χ1n) is 12.2. The summed E-state index contributed by atoms with van der Waals surface area (Å²) in [6.07, 6.45) is -13.7. The zero-order valence-corrected chi connectivity index (χ0v) is 21.6. The van der Waals surface area contributed by atoms with E-state index in [1.807, 2.05) is 13.8 Å². The van der Waals surface area contributed by atoms with Gasteiger partial charge in [-0.1, -0.05) is 26.0 Å². The third-order valence-corrected chi connectivity index (χ3v) is 6.26. The molecule has 2 rings (SSSR count). The van der Waals surface area contributed by atoms with Crippen LogP contribution in [0.3, 0.4) is 0 Å². The summed E-state index contributed by atoms with van der Waals surface area (Å²) in [7, 11) is 0. The molecular weight excluding hydrogens is 541 g/mol. The van der Waals surface area contributed by atoms with Crippen LogP contribution < -0.4 is 5.32 Å². The standard InChI is InChI=1S/C26H30F9N3O/c1-4-37(5-2)12-6-7-17(3)38(16-18-8-10-19(11-9-18)24(27,28)29)23(39)36-22-14-20(25(30,31)32)13-21(15-22)26(33,34)35/h8-11,13-15,17H,4-7,12,16H2,1-3H3,(H,36,39). The Bertz CT molecular complexity index is 1040. The van der Waals surface area contributed by atoms with E-state index in [1.165, 1.54) is 4.90 Å². The average molecular weight is 572 g/mol. The maximum atomic E-state index is 13.3. The molecule has 2 amide bonds. The molecule has 0 fully saturated rings. The predicted octanol–water partition coefficient (Wildman–Crippen LogP) is 8.29. The molecule has 0 heterocycles. The smallest absolute Gasteiger partial charge is 0.318 e. The van der Waals surface area contributed by atoms with Crippen LogP contribution in [0.5, 0.6) is 0 Å². The van der Waals surface area contributed by atoms with Crippen molar-refractivity contribution in [1.82, 2.24) is 9.80 Å². The van der Waals surface area contributed by atoms with Crippen LogP contribution in [0, 0.1) is 0 Å². The second-order valence-corrected chi connectivity index (χ2v) is 9.07.